The Bertz CT molecular complexity index is 606. The van der Waals surface area contributed by atoms with E-state index in [1.165, 1.54) is 15.0 Å². The average molecular weight is 351 g/mol. The van der Waals surface area contributed by atoms with Gasteiger partial charge in [0.05, 0.1) is 5.75 Å². The fraction of sp³-hybridized carbons (Fsp3) is 0.500. The number of amides is 1. The number of thioether (sulfide) groups is 1. The summed E-state index contributed by atoms with van der Waals surface area (Å²) in [4.78, 5) is 17.5. The number of likely N-dealkylation sites (N-methyl/N-ethyl adjacent to an activating group) is 2. The first-order valence-electron chi connectivity index (χ1n) is 7.97. The van der Waals surface area contributed by atoms with E-state index >= 15 is 0 Å². The number of nitrogens with zero attached hydrogens (tertiary/aromatic N) is 2. The molecule has 1 aromatic heterocycles. The normalized spacial score (nSPS) is 11.6. The first-order chi connectivity index (χ1) is 11.0. The van der Waals surface area contributed by atoms with Crippen molar-refractivity contribution < 1.29 is 4.79 Å². The molecule has 0 N–H and O–H groups in total. The minimum Gasteiger partial charge on any atom is -0.344 e. The standard InChI is InChI=1S/C18H26N2OS2/c1-14(2)22-13-18(21)20(4)10-9-19(3)12-16-11-15-7-5-6-8-17(15)23-16/h5-8,11,14H,9-10,12-13H2,1-4H3. The summed E-state index contributed by atoms with van der Waals surface area (Å²) in [6.45, 7) is 6.84. The zero-order valence-electron chi connectivity index (χ0n) is 14.4. The van der Waals surface area contributed by atoms with Crippen LogP contribution >= 0.6 is 23.1 Å². The van der Waals surface area contributed by atoms with Gasteiger partial charge in [-0.05, 0) is 29.8 Å². The van der Waals surface area contributed by atoms with E-state index in [9.17, 15) is 4.79 Å². The fourth-order valence-electron chi connectivity index (χ4n) is 2.25. The molecule has 0 unspecified atom stereocenters. The van der Waals surface area contributed by atoms with E-state index in [1.54, 1.807) is 11.8 Å². The largest absolute Gasteiger partial charge is 0.344 e. The molecule has 0 bridgehead atoms. The molecule has 0 fully saturated rings. The summed E-state index contributed by atoms with van der Waals surface area (Å²) in [5.41, 5.74) is 0. The van der Waals surface area contributed by atoms with E-state index in [2.05, 4.69) is 56.1 Å². The molecular weight excluding hydrogens is 324 g/mol. The Kier molecular flexibility index (Phi) is 6.93. The minimum absolute atomic E-state index is 0.221. The van der Waals surface area contributed by atoms with Crippen LogP contribution in [0.2, 0.25) is 0 Å². The first-order valence-corrected chi connectivity index (χ1v) is 9.84. The van der Waals surface area contributed by atoms with Crippen LogP contribution in [-0.4, -0.2) is 53.9 Å². The maximum Gasteiger partial charge on any atom is 0.232 e. The van der Waals surface area contributed by atoms with Crippen molar-refractivity contribution in [2.24, 2.45) is 0 Å². The predicted molar refractivity (Wildman–Crippen MR) is 103 cm³/mol. The summed E-state index contributed by atoms with van der Waals surface area (Å²) >= 11 is 3.56. The molecule has 0 aliphatic rings. The number of hydrogen-bond donors (Lipinski definition) is 0. The molecule has 1 aromatic carbocycles. The number of thiophene rings is 1. The highest BCUT2D eigenvalue weighted by Crippen LogP contribution is 2.25. The topological polar surface area (TPSA) is 23.6 Å². The van der Waals surface area contributed by atoms with Crippen molar-refractivity contribution in [2.75, 3.05) is 32.9 Å². The van der Waals surface area contributed by atoms with Gasteiger partial charge in [0, 0.05) is 36.3 Å². The second-order valence-electron chi connectivity index (χ2n) is 6.16. The van der Waals surface area contributed by atoms with Gasteiger partial charge in [-0.25, -0.2) is 0 Å². The second kappa shape index (κ2) is 8.71. The molecule has 0 aliphatic heterocycles. The van der Waals surface area contributed by atoms with Crippen molar-refractivity contribution in [2.45, 2.75) is 25.6 Å². The second-order valence-corrected chi connectivity index (χ2v) is 8.90. The van der Waals surface area contributed by atoms with E-state index in [1.807, 2.05) is 23.3 Å². The van der Waals surface area contributed by atoms with Crippen LogP contribution in [0.5, 0.6) is 0 Å². The molecule has 2 rings (SSSR count). The van der Waals surface area contributed by atoms with Gasteiger partial charge in [-0.2, -0.15) is 0 Å². The molecule has 0 aliphatic carbocycles. The Morgan fingerprint density at radius 1 is 1.22 bits per heavy atom. The smallest absolute Gasteiger partial charge is 0.232 e. The fourth-order valence-corrected chi connectivity index (χ4v) is 4.09. The monoisotopic (exact) mass is 350 g/mol. The van der Waals surface area contributed by atoms with Crippen molar-refractivity contribution in [3.8, 4) is 0 Å². The van der Waals surface area contributed by atoms with Crippen molar-refractivity contribution in [1.82, 2.24) is 9.80 Å². The molecule has 0 saturated heterocycles. The quantitative estimate of drug-likeness (QED) is 0.720. The van der Waals surface area contributed by atoms with E-state index in [0.717, 1.165) is 19.6 Å². The zero-order valence-corrected chi connectivity index (χ0v) is 16.0. The van der Waals surface area contributed by atoms with Crippen molar-refractivity contribution in [3.63, 3.8) is 0 Å². The molecule has 1 heterocycles. The molecule has 3 nitrogen and oxygen atoms in total. The lowest BCUT2D eigenvalue weighted by molar-refractivity contribution is -0.127. The summed E-state index contributed by atoms with van der Waals surface area (Å²) in [5, 5.41) is 1.82. The molecule has 0 atom stereocenters. The first kappa shape index (κ1) is 18.3. The summed E-state index contributed by atoms with van der Waals surface area (Å²) in [6.07, 6.45) is 0. The predicted octanol–water partition coefficient (Wildman–Crippen LogP) is 3.93. The molecule has 0 saturated carbocycles. The van der Waals surface area contributed by atoms with Gasteiger partial charge in [0.2, 0.25) is 5.91 Å². The number of carbonyl (C=O) groups excluding carboxylic acids is 1. The average Bonchev–Trinajstić information content (AvgIpc) is 2.92. The maximum atomic E-state index is 12.0. The van der Waals surface area contributed by atoms with E-state index in [0.29, 0.717) is 11.0 Å². The van der Waals surface area contributed by atoms with Crippen LogP contribution in [0.25, 0.3) is 10.1 Å². The molecule has 1 amide bonds. The number of fused-ring (bicyclic) bond motifs is 1. The number of carbonyl (C=O) groups is 1. The third-order valence-electron chi connectivity index (χ3n) is 3.69. The third-order valence-corrected chi connectivity index (χ3v) is 5.87. The van der Waals surface area contributed by atoms with Gasteiger partial charge < -0.3 is 4.90 Å². The highest BCUT2D eigenvalue weighted by atomic mass is 32.2. The minimum atomic E-state index is 0.221. The molecular formula is C18H26N2OS2. The van der Waals surface area contributed by atoms with E-state index in [-0.39, 0.29) is 5.91 Å². The van der Waals surface area contributed by atoms with Gasteiger partial charge in [-0.1, -0.05) is 32.0 Å². The summed E-state index contributed by atoms with van der Waals surface area (Å²) in [5.74, 6) is 0.799. The SMILES string of the molecule is CC(C)SCC(=O)N(C)CCN(C)Cc1cc2ccccc2s1. The molecule has 126 valence electrons. The van der Waals surface area contributed by atoms with Crippen molar-refractivity contribution in [3.05, 3.63) is 35.2 Å². The van der Waals surface area contributed by atoms with Crippen LogP contribution in [-0.2, 0) is 11.3 Å². The van der Waals surface area contributed by atoms with Gasteiger partial charge in [0.25, 0.3) is 0 Å². The van der Waals surface area contributed by atoms with E-state index < -0.39 is 0 Å². The Labute approximate surface area is 147 Å². The third kappa shape index (κ3) is 5.83. The van der Waals surface area contributed by atoms with E-state index in [4.69, 9.17) is 0 Å². The number of hydrogen-bond acceptors (Lipinski definition) is 4. The molecule has 0 spiro atoms. The molecule has 5 heteroatoms. The summed E-state index contributed by atoms with van der Waals surface area (Å²) in [7, 11) is 4.02. The maximum absolute atomic E-state index is 12.0. The Hall–Kier alpha value is -1.04. The van der Waals surface area contributed by atoms with Gasteiger partial charge in [0.15, 0.2) is 0 Å². The van der Waals surface area contributed by atoms with Crippen LogP contribution in [0.15, 0.2) is 30.3 Å². The summed E-state index contributed by atoms with van der Waals surface area (Å²) < 4.78 is 1.34. The Morgan fingerprint density at radius 3 is 2.65 bits per heavy atom. The van der Waals surface area contributed by atoms with Gasteiger partial charge >= 0.3 is 0 Å². The highest BCUT2D eigenvalue weighted by molar-refractivity contribution is 8.00. The molecule has 0 radical (unpaired) electrons. The summed E-state index contributed by atoms with van der Waals surface area (Å²) in [6, 6.07) is 10.8. The van der Waals surface area contributed by atoms with Crippen LogP contribution in [0.1, 0.15) is 18.7 Å². The Balaban J connectivity index is 1.78. The van der Waals surface area contributed by atoms with Gasteiger partial charge in [-0.3, -0.25) is 9.69 Å². The number of rotatable bonds is 8. The van der Waals surface area contributed by atoms with Crippen LogP contribution in [0.3, 0.4) is 0 Å². The lowest BCUT2D eigenvalue weighted by atomic mass is 10.2. The lowest BCUT2D eigenvalue weighted by Crippen LogP contribution is -2.35. The highest BCUT2D eigenvalue weighted by Gasteiger charge is 2.11. The van der Waals surface area contributed by atoms with Crippen LogP contribution in [0.4, 0.5) is 0 Å². The number of benzene rings is 1. The zero-order chi connectivity index (χ0) is 16.8. The van der Waals surface area contributed by atoms with Gasteiger partial charge in [0.1, 0.15) is 0 Å². The van der Waals surface area contributed by atoms with Crippen LogP contribution in [0, 0.1) is 0 Å². The van der Waals surface area contributed by atoms with Crippen molar-refractivity contribution >= 4 is 39.1 Å². The molecule has 2 aromatic rings. The van der Waals surface area contributed by atoms with Crippen LogP contribution < -0.4 is 0 Å². The van der Waals surface area contributed by atoms with Crippen molar-refractivity contribution in [1.29, 1.82) is 0 Å². The Morgan fingerprint density at radius 2 is 1.96 bits per heavy atom. The molecule has 23 heavy (non-hydrogen) atoms. The lowest BCUT2D eigenvalue weighted by Gasteiger charge is -2.22. The van der Waals surface area contributed by atoms with Gasteiger partial charge in [-0.15, -0.1) is 23.1 Å².